The van der Waals surface area contributed by atoms with Gasteiger partial charge in [-0.1, -0.05) is 0 Å². The Morgan fingerprint density at radius 1 is 0.385 bits per heavy atom. The molecule has 20 heteroatoms. The number of hydrogen-bond acceptors (Lipinski definition) is 14. The van der Waals surface area contributed by atoms with Gasteiger partial charge in [0.15, 0.2) is 0 Å². The molecule has 2 unspecified atom stereocenters. The fourth-order valence-electron chi connectivity index (χ4n) is 10.1. The number of alkyl carbamates (subject to hydrolysis) is 4. The van der Waals surface area contributed by atoms with Gasteiger partial charge < -0.3 is 71.3 Å². The van der Waals surface area contributed by atoms with Gasteiger partial charge in [-0.25, -0.2) is 19.2 Å². The van der Waals surface area contributed by atoms with Crippen LogP contribution in [0, 0.1) is 23.7 Å². The van der Waals surface area contributed by atoms with Gasteiger partial charge >= 0.3 is 24.4 Å². The molecule has 452 valence electrons. The highest BCUT2D eigenvalue weighted by Crippen LogP contribution is 2.29. The normalized spacial score (nSPS) is 20.6. The molecule has 1 heterocycles. The van der Waals surface area contributed by atoms with Gasteiger partial charge in [0, 0.05) is 52.4 Å². The largest absolute Gasteiger partial charge is 0.444 e. The Kier molecular flexibility index (Phi) is 30.5. The number of carbonyl (C=O) groups excluding carboxylic acids is 6. The predicted molar refractivity (Wildman–Crippen MR) is 307 cm³/mol. The molecule has 6 amide bonds. The second kappa shape index (κ2) is 34.9. The highest BCUT2D eigenvalue weighted by atomic mass is 16.6. The van der Waals surface area contributed by atoms with Crippen LogP contribution in [0.4, 0.5) is 19.2 Å². The number of hydrogen-bond donors (Lipinski definition) is 8. The van der Waals surface area contributed by atoms with Gasteiger partial charge in [-0.05, 0) is 249 Å². The van der Waals surface area contributed by atoms with Crippen LogP contribution < -0.4 is 42.5 Å². The Morgan fingerprint density at radius 2 is 0.679 bits per heavy atom. The molecule has 8 N–H and O–H groups in total. The van der Waals surface area contributed by atoms with E-state index < -0.39 is 58.9 Å². The number of rotatable bonds is 30. The molecule has 0 radical (unpaired) electrons. The van der Waals surface area contributed by atoms with Gasteiger partial charge in [-0.15, -0.1) is 0 Å². The van der Waals surface area contributed by atoms with E-state index in [4.69, 9.17) is 18.9 Å². The van der Waals surface area contributed by atoms with Crippen molar-refractivity contribution < 1.29 is 47.7 Å². The lowest BCUT2D eigenvalue weighted by Crippen LogP contribution is -2.49. The monoisotopic (exact) mass is 1110 g/mol. The highest BCUT2D eigenvalue weighted by molar-refractivity contribution is 5.86. The average molecular weight is 1110 g/mol. The molecule has 78 heavy (non-hydrogen) atoms. The van der Waals surface area contributed by atoms with Gasteiger partial charge in [0.1, 0.15) is 34.5 Å². The van der Waals surface area contributed by atoms with Crippen LogP contribution in [0.2, 0.25) is 0 Å². The number of ether oxygens (including phenoxy) is 4. The Labute approximate surface area is 470 Å². The predicted octanol–water partition coefficient (Wildman–Crippen LogP) is 7.59. The van der Waals surface area contributed by atoms with Crippen LogP contribution >= 0.6 is 0 Å². The molecule has 3 fully saturated rings. The van der Waals surface area contributed by atoms with Gasteiger partial charge in [0.05, 0.1) is 0 Å². The lowest BCUT2D eigenvalue weighted by atomic mass is 9.82. The number of unbranched alkanes of at least 4 members (excludes halogenated alkanes) is 2. The van der Waals surface area contributed by atoms with Crippen molar-refractivity contribution in [3.63, 3.8) is 0 Å². The van der Waals surface area contributed by atoms with E-state index in [-0.39, 0.29) is 11.8 Å². The minimum atomic E-state index is -0.723. The zero-order valence-electron chi connectivity index (χ0n) is 50.7. The van der Waals surface area contributed by atoms with E-state index in [1.165, 1.54) is 0 Å². The molecule has 0 aromatic carbocycles. The first-order valence-electron chi connectivity index (χ1n) is 30.0. The minimum absolute atomic E-state index is 0.203. The smallest absolute Gasteiger partial charge is 0.408 e. The van der Waals surface area contributed by atoms with Crippen molar-refractivity contribution in [2.24, 2.45) is 23.7 Å². The Balaban J connectivity index is 1.20. The Bertz CT molecular complexity index is 1630. The van der Waals surface area contributed by atoms with Crippen molar-refractivity contribution in [3.8, 4) is 0 Å². The molecular weight excluding hydrogens is 997 g/mol. The van der Waals surface area contributed by atoms with E-state index in [1.807, 2.05) is 41.5 Å². The molecule has 3 rings (SSSR count). The molecule has 2 saturated carbocycles. The third-order valence-electron chi connectivity index (χ3n) is 14.2. The molecule has 1 aliphatic heterocycles. The maximum absolute atomic E-state index is 13.3. The Hall–Kier alpha value is -4.14. The number of piperazine rings is 1. The third kappa shape index (κ3) is 33.4. The molecule has 1 saturated heterocycles. The summed E-state index contributed by atoms with van der Waals surface area (Å²) >= 11 is 0. The first-order chi connectivity index (χ1) is 36.6. The number of nitrogens with one attached hydrogen (secondary N) is 8. The van der Waals surface area contributed by atoms with Crippen molar-refractivity contribution in [1.29, 1.82) is 0 Å². The van der Waals surface area contributed by atoms with Crippen LogP contribution in [0.15, 0.2) is 0 Å². The SMILES string of the molecule is CC(C)(C)OC(=O)NCCCCC(NC(=O)OC(C)(C)C)C(=O)NCC1CCC(CNCCCN2CCN(CCCNCC3CCC(CNC(=O)C(CCCCNC(=O)OC(C)(C)C)NC(=O)OC(C)(C)C)CC3)CC2)CC1. The van der Waals surface area contributed by atoms with Crippen LogP contribution in [0.1, 0.15) is 186 Å². The van der Waals surface area contributed by atoms with E-state index in [1.54, 1.807) is 41.5 Å². The summed E-state index contributed by atoms with van der Waals surface area (Å²) in [6.07, 6.45) is 12.4. The fourth-order valence-corrected chi connectivity index (χ4v) is 10.1. The van der Waals surface area contributed by atoms with Crippen LogP contribution in [-0.2, 0) is 28.5 Å². The van der Waals surface area contributed by atoms with E-state index in [9.17, 15) is 28.8 Å². The van der Waals surface area contributed by atoms with Crippen molar-refractivity contribution in [3.05, 3.63) is 0 Å². The summed E-state index contributed by atoms with van der Waals surface area (Å²) in [6.45, 7) is 34.5. The molecule has 20 nitrogen and oxygen atoms in total. The molecule has 0 aromatic heterocycles. The van der Waals surface area contributed by atoms with E-state index in [2.05, 4.69) is 52.3 Å². The summed E-state index contributed by atoms with van der Waals surface area (Å²) in [4.78, 5) is 81.1. The second-order valence-corrected chi connectivity index (χ2v) is 26.3. The average Bonchev–Trinajstić information content (AvgIpc) is 3.32. The molecule has 0 spiro atoms. The fraction of sp³-hybridized carbons (Fsp3) is 0.897. The number of amides is 6. The number of nitrogens with zero attached hydrogens (tertiary/aromatic N) is 2. The van der Waals surface area contributed by atoms with Crippen LogP contribution in [-0.4, -0.2) is 172 Å². The van der Waals surface area contributed by atoms with Crippen molar-refractivity contribution in [1.82, 2.24) is 52.3 Å². The summed E-state index contributed by atoms with van der Waals surface area (Å²) in [6, 6.07) is -1.45. The van der Waals surface area contributed by atoms with Gasteiger partial charge in [0.2, 0.25) is 11.8 Å². The topological polar surface area (TPSA) is 242 Å². The van der Waals surface area contributed by atoms with Gasteiger partial charge in [0.25, 0.3) is 0 Å². The summed E-state index contributed by atoms with van der Waals surface area (Å²) in [7, 11) is 0. The van der Waals surface area contributed by atoms with Crippen LogP contribution in [0.3, 0.4) is 0 Å². The van der Waals surface area contributed by atoms with Crippen molar-refractivity contribution in [2.75, 3.05) is 91.6 Å². The van der Waals surface area contributed by atoms with Crippen molar-refractivity contribution >= 4 is 36.2 Å². The molecular formula is C58H110N10O10. The standard InChI is InChI=1S/C58H110N10O10/c1-55(2,3)75-51(71)61-31-15-13-19-47(65-53(73)77-57(7,8)9)49(69)63-41-45-25-21-43(22-26-45)39-59-29-17-33-67-35-37-68(38-36-67)34-18-30-60-40-44-23-27-46(28-24-44)42-64-50(70)48(66-54(74)78-58(10,11)12)20-14-16-32-62-52(72)76-56(4,5)6/h43-48,59-60H,13-42H2,1-12H3,(H,61,71)(H,62,72)(H,63,69)(H,64,70)(H,65,73)(H,66,74). The first-order valence-corrected chi connectivity index (χ1v) is 30.0. The van der Waals surface area contributed by atoms with Gasteiger partial charge in [-0.2, -0.15) is 0 Å². The number of carbonyl (C=O) groups is 6. The third-order valence-corrected chi connectivity index (χ3v) is 14.2. The van der Waals surface area contributed by atoms with E-state index >= 15 is 0 Å². The molecule has 2 atom stereocenters. The van der Waals surface area contributed by atoms with Crippen molar-refractivity contribution in [2.45, 2.75) is 220 Å². The lowest BCUT2D eigenvalue weighted by Gasteiger charge is -2.35. The Morgan fingerprint density at radius 3 is 0.987 bits per heavy atom. The minimum Gasteiger partial charge on any atom is -0.444 e. The maximum Gasteiger partial charge on any atom is 0.408 e. The molecule has 0 aromatic rings. The van der Waals surface area contributed by atoms with Gasteiger partial charge in [-0.3, -0.25) is 9.59 Å². The van der Waals surface area contributed by atoms with E-state index in [0.29, 0.717) is 88.4 Å². The second-order valence-electron chi connectivity index (χ2n) is 26.3. The first kappa shape index (κ1) is 68.1. The lowest BCUT2D eigenvalue weighted by molar-refractivity contribution is -0.124. The summed E-state index contributed by atoms with van der Waals surface area (Å²) in [5, 5.41) is 24.7. The summed E-state index contributed by atoms with van der Waals surface area (Å²) in [5.74, 6) is 1.72. The molecule has 2 aliphatic carbocycles. The molecule has 0 bridgehead atoms. The van der Waals surface area contributed by atoms with Crippen LogP contribution in [0.25, 0.3) is 0 Å². The zero-order chi connectivity index (χ0) is 57.8. The summed E-state index contributed by atoms with van der Waals surface area (Å²) < 4.78 is 21.5. The van der Waals surface area contributed by atoms with E-state index in [0.717, 1.165) is 130 Å². The zero-order valence-corrected chi connectivity index (χ0v) is 50.7. The van der Waals surface area contributed by atoms with Crippen LogP contribution in [0.5, 0.6) is 0 Å². The maximum atomic E-state index is 13.3. The molecule has 3 aliphatic rings. The summed E-state index contributed by atoms with van der Waals surface area (Å²) in [5.41, 5.74) is -2.50. The highest BCUT2D eigenvalue weighted by Gasteiger charge is 2.29. The quantitative estimate of drug-likeness (QED) is 0.0256.